The predicted octanol–water partition coefficient (Wildman–Crippen LogP) is 5.61. The summed E-state index contributed by atoms with van der Waals surface area (Å²) in [6, 6.07) is 11.9. The number of hydrogen-bond acceptors (Lipinski definition) is 9. The Morgan fingerprint density at radius 3 is 1.52 bits per heavy atom. The summed E-state index contributed by atoms with van der Waals surface area (Å²) in [6.07, 6.45) is 13.3. The number of fused-ring (bicyclic) bond motifs is 2. The van der Waals surface area contributed by atoms with E-state index in [1.54, 1.807) is 78.7 Å². The smallest absolute Gasteiger partial charge is 0.512 e. The summed E-state index contributed by atoms with van der Waals surface area (Å²) in [4.78, 5) is 33.8. The van der Waals surface area contributed by atoms with Crippen LogP contribution in [-0.2, 0) is 46.7 Å². The van der Waals surface area contributed by atoms with Gasteiger partial charge in [0.1, 0.15) is 23.3 Å². The minimum Gasteiger partial charge on any atom is -0.512 e. The number of hydrogen-bond donors (Lipinski definition) is 0. The van der Waals surface area contributed by atoms with E-state index in [-0.39, 0.29) is 55.3 Å². The van der Waals surface area contributed by atoms with Gasteiger partial charge >= 0.3 is 30.9 Å². The molecule has 8 aromatic rings. The molecule has 0 N–H and O–H groups in total. The number of halogens is 3. The molecule has 0 fully saturated rings. The Bertz CT molecular complexity index is 2960. The summed E-state index contributed by atoms with van der Waals surface area (Å²) in [7, 11) is 3.61. The first-order valence-electron chi connectivity index (χ1n) is 16.6. The van der Waals surface area contributed by atoms with Crippen LogP contribution in [0.25, 0.3) is 33.5 Å². The number of benzene rings is 2. The summed E-state index contributed by atoms with van der Waals surface area (Å²) >= 11 is 3.43. The van der Waals surface area contributed by atoms with Crippen LogP contribution in [0.3, 0.4) is 0 Å². The normalized spacial score (nSPS) is 10.3. The van der Waals surface area contributed by atoms with Gasteiger partial charge in [-0.15, -0.1) is 0 Å². The Labute approximate surface area is 350 Å². The Kier molecular flexibility index (Phi) is 14.3. The first-order valence-corrected chi connectivity index (χ1v) is 17.4. The van der Waals surface area contributed by atoms with Crippen molar-refractivity contribution in [3.8, 4) is 28.3 Å². The fourth-order valence-electron chi connectivity index (χ4n) is 5.96. The average molecular weight is 896 g/mol. The van der Waals surface area contributed by atoms with Crippen molar-refractivity contribution >= 4 is 27.2 Å². The number of aromatic nitrogens is 10. The van der Waals surface area contributed by atoms with Crippen LogP contribution in [0.1, 0.15) is 28.1 Å². The van der Waals surface area contributed by atoms with E-state index < -0.39 is 5.82 Å². The van der Waals surface area contributed by atoms with Crippen molar-refractivity contribution in [3.05, 3.63) is 164 Å². The van der Waals surface area contributed by atoms with Crippen LogP contribution in [0.4, 0.5) is 8.78 Å². The molecule has 0 aliphatic heterocycles. The predicted molar refractivity (Wildman–Crippen MR) is 206 cm³/mol. The zero-order chi connectivity index (χ0) is 41.6. The van der Waals surface area contributed by atoms with Gasteiger partial charge in [-0.2, -0.15) is 15.5 Å². The summed E-state index contributed by atoms with van der Waals surface area (Å²) in [5.41, 5.74) is 5.74. The van der Waals surface area contributed by atoms with Gasteiger partial charge in [-0.1, -0.05) is 24.3 Å². The second kappa shape index (κ2) is 18.8. The standard InChI is InChI=1S/C19H15FN6O.C18H15BrFN5O.2CN.Zn/c1-12-8-26-18(23-12)15(6-21)11-25(19(26)27)10-14-4-3-13(5-17(14)20)16-7-22-24(2)9-16;1-11-7-25-17(22-11)15(19)10-24(18(25)26)9-13-4-3-12(5-16(13)20)14-6-21-23(2)8-14;2*1-2;/h3-5,7-9,11H,10H2,1-2H3;3-8,10H,9H2,1-2H3;;;/q;;2*-1;+2. The van der Waals surface area contributed by atoms with E-state index in [0.29, 0.717) is 38.2 Å². The second-order valence-corrected chi connectivity index (χ2v) is 13.4. The molecule has 0 unspecified atom stereocenters. The van der Waals surface area contributed by atoms with Crippen molar-refractivity contribution in [2.75, 3.05) is 0 Å². The molecule has 0 radical (unpaired) electrons. The van der Waals surface area contributed by atoms with Gasteiger partial charge in [0.15, 0.2) is 11.3 Å². The SMILES string of the molecule is Cc1cn2c(=O)n(Cc3ccc(-c4cnn(C)c4)cc3F)cc(Br)c2n1.Cc1cn2c(=O)n(Cc3ccc(-c4cnn(C)c4)cc3F)cc(C#N)c2n1.[C-]#N.[C-]#N.[Zn+2]. The first-order chi connectivity index (χ1) is 27.4. The summed E-state index contributed by atoms with van der Waals surface area (Å²) in [6.45, 7) is 13.2. The molecule has 15 nitrogen and oxygen atoms in total. The van der Waals surface area contributed by atoms with Gasteiger partial charge < -0.3 is 23.7 Å². The molecule has 0 saturated carbocycles. The van der Waals surface area contributed by atoms with Crippen LogP contribution in [0, 0.1) is 60.5 Å². The van der Waals surface area contributed by atoms with Crippen LogP contribution in [0.2, 0.25) is 0 Å². The van der Waals surface area contributed by atoms with Crippen molar-refractivity contribution in [1.82, 2.24) is 47.5 Å². The van der Waals surface area contributed by atoms with E-state index in [4.69, 9.17) is 23.7 Å². The maximum Gasteiger partial charge on any atom is 2.00 e. The maximum atomic E-state index is 14.6. The Balaban J connectivity index is 0.000000233. The molecule has 6 aromatic heterocycles. The van der Waals surface area contributed by atoms with Crippen LogP contribution in [0.5, 0.6) is 0 Å². The Morgan fingerprint density at radius 2 is 1.10 bits per heavy atom. The van der Waals surface area contributed by atoms with Crippen molar-refractivity contribution in [3.63, 3.8) is 0 Å². The Morgan fingerprint density at radius 1 is 0.672 bits per heavy atom. The summed E-state index contributed by atoms with van der Waals surface area (Å²) in [5, 5.41) is 30.0. The van der Waals surface area contributed by atoms with Crippen molar-refractivity contribution < 1.29 is 28.3 Å². The minimum absolute atomic E-state index is 0. The molecule has 0 saturated heterocycles. The molecular weight excluding hydrogens is 866 g/mol. The van der Waals surface area contributed by atoms with Crippen molar-refractivity contribution in [2.45, 2.75) is 26.9 Å². The molecule has 286 valence electrons. The molecule has 0 atom stereocenters. The average Bonchev–Trinajstić information content (AvgIpc) is 4.02. The number of imidazole rings is 2. The van der Waals surface area contributed by atoms with Crippen molar-refractivity contribution in [2.24, 2.45) is 14.1 Å². The molecule has 2 aromatic carbocycles. The van der Waals surface area contributed by atoms with Gasteiger partial charge in [-0.3, -0.25) is 22.9 Å². The van der Waals surface area contributed by atoms with Gasteiger partial charge in [-0.05, 0) is 53.0 Å². The maximum absolute atomic E-state index is 14.6. The number of nitriles is 1. The van der Waals surface area contributed by atoms with E-state index >= 15 is 0 Å². The van der Waals surface area contributed by atoms with E-state index in [1.165, 1.54) is 36.3 Å². The molecule has 19 heteroatoms. The monoisotopic (exact) mass is 893 g/mol. The summed E-state index contributed by atoms with van der Waals surface area (Å²) in [5.74, 6) is -0.792. The van der Waals surface area contributed by atoms with E-state index in [1.807, 2.05) is 32.3 Å². The topological polar surface area (TPSA) is 186 Å². The first kappa shape index (κ1) is 43.9. The van der Waals surface area contributed by atoms with Gasteiger partial charge in [0, 0.05) is 73.5 Å². The van der Waals surface area contributed by atoms with Gasteiger partial charge in [0.25, 0.3) is 0 Å². The molecule has 0 aliphatic rings. The van der Waals surface area contributed by atoms with E-state index in [9.17, 15) is 23.6 Å². The fraction of sp³-hybridized carbons (Fsp3) is 0.154. The fourth-order valence-corrected chi connectivity index (χ4v) is 6.49. The largest absolute Gasteiger partial charge is 2.00 e. The molecule has 0 bridgehead atoms. The molecule has 6 heterocycles. The van der Waals surface area contributed by atoms with Crippen LogP contribution in [-0.4, -0.2) is 47.5 Å². The van der Waals surface area contributed by atoms with Gasteiger partial charge in [-0.25, -0.2) is 32.7 Å². The zero-order valence-electron chi connectivity index (χ0n) is 31.5. The summed E-state index contributed by atoms with van der Waals surface area (Å²) < 4.78 is 38.8. The second-order valence-electron chi connectivity index (χ2n) is 12.5. The molecule has 0 aliphatic carbocycles. The third-order valence-electron chi connectivity index (χ3n) is 8.55. The van der Waals surface area contributed by atoms with Gasteiger partial charge in [0.05, 0.1) is 41.3 Å². The van der Waals surface area contributed by atoms with Crippen LogP contribution >= 0.6 is 15.9 Å². The number of aryl methyl sites for hydroxylation is 4. The third kappa shape index (κ3) is 9.22. The molecule has 58 heavy (non-hydrogen) atoms. The van der Waals surface area contributed by atoms with Gasteiger partial charge in [0.2, 0.25) is 0 Å². The molecular formula is C39H30BrF2N13O2Zn. The molecule has 8 rings (SSSR count). The molecule has 0 amide bonds. The number of rotatable bonds is 6. The third-order valence-corrected chi connectivity index (χ3v) is 9.11. The minimum atomic E-state index is -0.427. The Hall–Kier alpha value is -6.87. The zero-order valence-corrected chi connectivity index (χ0v) is 36.0. The quantitative estimate of drug-likeness (QED) is 0.151. The van der Waals surface area contributed by atoms with Crippen molar-refractivity contribution in [1.29, 1.82) is 15.8 Å². The molecule has 0 spiro atoms. The number of nitrogens with zero attached hydrogens (tertiary/aromatic N) is 13. The van der Waals surface area contributed by atoms with Crippen LogP contribution < -0.4 is 11.4 Å². The van der Waals surface area contributed by atoms with Crippen LogP contribution in [0.15, 0.2) is 100 Å². The van der Waals surface area contributed by atoms with E-state index in [0.717, 1.165) is 22.4 Å². The van der Waals surface area contributed by atoms with E-state index in [2.05, 4.69) is 36.1 Å².